The van der Waals surface area contributed by atoms with Crippen LogP contribution in [0.4, 0.5) is 0 Å². The van der Waals surface area contributed by atoms with Gasteiger partial charge >= 0.3 is 0 Å². The molecule has 2 aromatic carbocycles. The highest BCUT2D eigenvalue weighted by Crippen LogP contribution is 2.42. The lowest BCUT2D eigenvalue weighted by Gasteiger charge is -2.44. The lowest BCUT2D eigenvalue weighted by molar-refractivity contribution is -0.307. The van der Waals surface area contributed by atoms with E-state index >= 15 is 0 Å². The molecule has 2 aliphatic rings. The Bertz CT molecular complexity index is 755. The van der Waals surface area contributed by atoms with Gasteiger partial charge in [-0.1, -0.05) is 70.7 Å². The van der Waals surface area contributed by atoms with Crippen molar-refractivity contribution >= 4 is 46.4 Å². The first kappa shape index (κ1) is 19.7. The molecule has 0 aliphatic carbocycles. The molecule has 2 saturated heterocycles. The van der Waals surface area contributed by atoms with E-state index in [0.717, 1.165) is 0 Å². The maximum Gasteiger partial charge on any atom is 0.185 e. The van der Waals surface area contributed by atoms with E-state index in [9.17, 15) is 0 Å². The van der Waals surface area contributed by atoms with E-state index in [-0.39, 0.29) is 5.41 Å². The van der Waals surface area contributed by atoms with Crippen LogP contribution in [0.5, 0.6) is 0 Å². The number of hydrogen-bond donors (Lipinski definition) is 0. The fraction of sp³-hybridized carbons (Fsp3) is 0.368. The van der Waals surface area contributed by atoms with Crippen molar-refractivity contribution < 1.29 is 18.9 Å². The van der Waals surface area contributed by atoms with Crippen molar-refractivity contribution in [1.29, 1.82) is 0 Å². The standard InChI is InChI=1S/C19H16Cl4O4/c20-13-5-1-3-11(15(13)22)17-24-7-19(8-25-17)9-26-18(27-10-19)12-4-2-6-14(21)16(12)23/h1-6,17-18H,7-10H2. The lowest BCUT2D eigenvalue weighted by Crippen LogP contribution is -2.49. The van der Waals surface area contributed by atoms with Gasteiger partial charge in [-0.2, -0.15) is 0 Å². The highest BCUT2D eigenvalue weighted by atomic mass is 35.5. The summed E-state index contributed by atoms with van der Waals surface area (Å²) in [6, 6.07) is 10.7. The van der Waals surface area contributed by atoms with Gasteiger partial charge in [-0.3, -0.25) is 0 Å². The van der Waals surface area contributed by atoms with Crippen LogP contribution in [0.1, 0.15) is 23.7 Å². The average Bonchev–Trinajstić information content (AvgIpc) is 2.68. The summed E-state index contributed by atoms with van der Waals surface area (Å²) >= 11 is 24.6. The molecule has 0 atom stereocenters. The molecule has 0 radical (unpaired) electrons. The zero-order chi connectivity index (χ0) is 19.0. The Morgan fingerprint density at radius 1 is 0.630 bits per heavy atom. The van der Waals surface area contributed by atoms with Gasteiger partial charge in [0, 0.05) is 11.1 Å². The van der Waals surface area contributed by atoms with Crippen LogP contribution in [0.3, 0.4) is 0 Å². The van der Waals surface area contributed by atoms with E-state index in [1.807, 2.05) is 24.3 Å². The van der Waals surface area contributed by atoms with E-state index in [1.165, 1.54) is 0 Å². The normalized spacial score (nSPS) is 28.4. The maximum absolute atomic E-state index is 6.25. The molecule has 0 unspecified atom stereocenters. The molecule has 27 heavy (non-hydrogen) atoms. The van der Waals surface area contributed by atoms with Crippen molar-refractivity contribution in [2.45, 2.75) is 12.6 Å². The van der Waals surface area contributed by atoms with E-state index in [4.69, 9.17) is 65.4 Å². The quantitative estimate of drug-likeness (QED) is 0.556. The highest BCUT2D eigenvalue weighted by molar-refractivity contribution is 6.43. The molecular formula is C19H16Cl4O4. The predicted molar refractivity (Wildman–Crippen MR) is 105 cm³/mol. The molecule has 4 nitrogen and oxygen atoms in total. The molecule has 1 spiro atoms. The molecular weight excluding hydrogens is 434 g/mol. The minimum absolute atomic E-state index is 0.386. The minimum Gasteiger partial charge on any atom is -0.347 e. The molecule has 8 heteroatoms. The first-order chi connectivity index (χ1) is 13.0. The van der Waals surface area contributed by atoms with Crippen LogP contribution < -0.4 is 0 Å². The summed E-state index contributed by atoms with van der Waals surface area (Å²) in [4.78, 5) is 0. The Hall–Kier alpha value is -0.560. The van der Waals surface area contributed by atoms with Crippen molar-refractivity contribution in [3.05, 3.63) is 67.6 Å². The van der Waals surface area contributed by atoms with Gasteiger partial charge in [-0.15, -0.1) is 0 Å². The summed E-state index contributed by atoms with van der Waals surface area (Å²) in [6.07, 6.45) is -1.14. The summed E-state index contributed by atoms with van der Waals surface area (Å²) < 4.78 is 23.6. The predicted octanol–water partition coefficient (Wildman–Crippen LogP) is 6.08. The molecule has 0 bridgehead atoms. The second-order valence-corrected chi connectivity index (χ2v) is 8.26. The second kappa shape index (κ2) is 8.05. The van der Waals surface area contributed by atoms with Gasteiger partial charge in [0.1, 0.15) is 0 Å². The monoisotopic (exact) mass is 448 g/mol. The molecule has 0 N–H and O–H groups in total. The van der Waals surface area contributed by atoms with Crippen LogP contribution in [-0.4, -0.2) is 26.4 Å². The molecule has 0 aromatic heterocycles. The summed E-state index contributed by atoms with van der Waals surface area (Å²) in [6.45, 7) is 1.65. The van der Waals surface area contributed by atoms with E-state index in [1.54, 1.807) is 12.1 Å². The van der Waals surface area contributed by atoms with Crippen LogP contribution in [0.25, 0.3) is 0 Å². The first-order valence-corrected chi connectivity index (χ1v) is 9.84. The summed E-state index contributed by atoms with van der Waals surface area (Å²) in [5.41, 5.74) is 1.03. The Labute approximate surface area is 177 Å². The molecule has 0 saturated carbocycles. The largest absolute Gasteiger partial charge is 0.347 e. The van der Waals surface area contributed by atoms with E-state index in [0.29, 0.717) is 57.6 Å². The third-order valence-electron chi connectivity index (χ3n) is 4.63. The number of ether oxygens (including phenoxy) is 4. The molecule has 0 amide bonds. The van der Waals surface area contributed by atoms with Crippen molar-refractivity contribution in [2.75, 3.05) is 26.4 Å². The smallest absolute Gasteiger partial charge is 0.185 e. The molecule has 2 fully saturated rings. The second-order valence-electron chi connectivity index (χ2n) is 6.69. The number of benzene rings is 2. The van der Waals surface area contributed by atoms with Crippen LogP contribution >= 0.6 is 46.4 Å². The fourth-order valence-corrected chi connectivity index (χ4v) is 3.91. The Morgan fingerprint density at radius 2 is 1.00 bits per heavy atom. The average molecular weight is 450 g/mol. The van der Waals surface area contributed by atoms with Crippen molar-refractivity contribution in [3.63, 3.8) is 0 Å². The number of rotatable bonds is 2. The molecule has 2 heterocycles. The number of halogens is 4. The van der Waals surface area contributed by atoms with Gasteiger partial charge in [-0.05, 0) is 12.1 Å². The lowest BCUT2D eigenvalue weighted by atomic mass is 9.90. The van der Waals surface area contributed by atoms with Gasteiger partial charge in [0.25, 0.3) is 0 Å². The van der Waals surface area contributed by atoms with Gasteiger partial charge in [-0.25, -0.2) is 0 Å². The minimum atomic E-state index is -0.568. The van der Waals surface area contributed by atoms with Crippen molar-refractivity contribution in [2.24, 2.45) is 5.41 Å². The van der Waals surface area contributed by atoms with Crippen molar-refractivity contribution in [3.8, 4) is 0 Å². The first-order valence-electron chi connectivity index (χ1n) is 8.33. The highest BCUT2D eigenvalue weighted by Gasteiger charge is 2.43. The topological polar surface area (TPSA) is 36.9 Å². The van der Waals surface area contributed by atoms with E-state index < -0.39 is 12.6 Å². The number of hydrogen-bond acceptors (Lipinski definition) is 4. The van der Waals surface area contributed by atoms with Gasteiger partial charge in [0.2, 0.25) is 0 Å². The molecule has 144 valence electrons. The molecule has 2 aliphatic heterocycles. The Kier molecular flexibility index (Phi) is 5.89. The van der Waals surface area contributed by atoms with Gasteiger partial charge < -0.3 is 18.9 Å². The molecule has 2 aromatic rings. The molecule has 4 rings (SSSR count). The third kappa shape index (κ3) is 3.96. The fourth-order valence-electron chi connectivity index (χ4n) is 3.12. The SMILES string of the molecule is Clc1cccc(C2OCC3(CO2)COC(c2cccc(Cl)c2Cl)OC3)c1Cl. The van der Waals surface area contributed by atoms with Crippen LogP contribution in [0, 0.1) is 5.41 Å². The van der Waals surface area contributed by atoms with Gasteiger partial charge in [0.15, 0.2) is 12.6 Å². The van der Waals surface area contributed by atoms with Crippen LogP contribution in [-0.2, 0) is 18.9 Å². The summed E-state index contributed by atoms with van der Waals surface area (Å²) in [5, 5.41) is 1.80. The van der Waals surface area contributed by atoms with E-state index in [2.05, 4.69) is 0 Å². The summed E-state index contributed by atoms with van der Waals surface area (Å²) in [7, 11) is 0. The van der Waals surface area contributed by atoms with Crippen molar-refractivity contribution in [1.82, 2.24) is 0 Å². The zero-order valence-electron chi connectivity index (χ0n) is 14.1. The van der Waals surface area contributed by atoms with Gasteiger partial charge in [0.05, 0.1) is 51.9 Å². The Balaban J connectivity index is 1.40. The van der Waals surface area contributed by atoms with Crippen LogP contribution in [0.15, 0.2) is 36.4 Å². The zero-order valence-corrected chi connectivity index (χ0v) is 17.1. The maximum atomic E-state index is 6.25. The summed E-state index contributed by atoms with van der Waals surface area (Å²) in [5.74, 6) is 0. The van der Waals surface area contributed by atoms with Crippen LogP contribution in [0.2, 0.25) is 20.1 Å². The third-order valence-corrected chi connectivity index (χ3v) is 6.30. The Morgan fingerprint density at radius 3 is 1.37 bits per heavy atom.